The zero-order chi connectivity index (χ0) is 9.30. The predicted molar refractivity (Wildman–Crippen MR) is 45.5 cm³/mol. The number of ether oxygens (including phenoxy) is 1. The van der Waals surface area contributed by atoms with E-state index in [1.54, 1.807) is 6.92 Å². The van der Waals surface area contributed by atoms with E-state index in [0.717, 1.165) is 6.42 Å². The molecule has 12 heavy (non-hydrogen) atoms. The van der Waals surface area contributed by atoms with Gasteiger partial charge in [0, 0.05) is 11.8 Å². The number of aliphatic hydroxyl groups excluding tert-OH is 2. The van der Waals surface area contributed by atoms with Crippen molar-refractivity contribution in [2.45, 2.75) is 45.7 Å². The first kappa shape index (κ1) is 9.96. The molecule has 2 N–H and O–H groups in total. The summed E-state index contributed by atoms with van der Waals surface area (Å²) in [5, 5.41) is 19.1. The van der Waals surface area contributed by atoms with Gasteiger partial charge in [-0.2, -0.15) is 0 Å². The zero-order valence-electron chi connectivity index (χ0n) is 7.90. The summed E-state index contributed by atoms with van der Waals surface area (Å²) in [5.41, 5.74) is 0. The van der Waals surface area contributed by atoms with Gasteiger partial charge in [-0.3, -0.25) is 0 Å². The molecule has 1 aliphatic rings. The molecular weight excluding hydrogens is 156 g/mol. The smallest absolute Gasteiger partial charge is 0.159 e. The third-order valence-corrected chi connectivity index (χ3v) is 2.83. The molecule has 0 saturated carbocycles. The Morgan fingerprint density at radius 1 is 1.17 bits per heavy atom. The fourth-order valence-electron chi connectivity index (χ4n) is 1.76. The van der Waals surface area contributed by atoms with E-state index in [1.807, 2.05) is 13.8 Å². The van der Waals surface area contributed by atoms with Crippen molar-refractivity contribution >= 4 is 0 Å². The van der Waals surface area contributed by atoms with Gasteiger partial charge in [-0.15, -0.1) is 0 Å². The Hall–Kier alpha value is -0.120. The van der Waals surface area contributed by atoms with Gasteiger partial charge in [0.25, 0.3) is 0 Å². The van der Waals surface area contributed by atoms with Crippen LogP contribution in [0.4, 0.5) is 0 Å². The lowest BCUT2D eigenvalue weighted by atomic mass is 9.85. The minimum absolute atomic E-state index is 0.00815. The Bertz CT molecular complexity index is 144. The molecule has 0 unspecified atom stereocenters. The van der Waals surface area contributed by atoms with Crippen molar-refractivity contribution in [2.24, 2.45) is 11.8 Å². The van der Waals surface area contributed by atoms with Crippen molar-refractivity contribution in [1.29, 1.82) is 0 Å². The maximum atomic E-state index is 9.68. The fraction of sp³-hybridized carbons (Fsp3) is 1.00. The van der Waals surface area contributed by atoms with Gasteiger partial charge in [0.15, 0.2) is 6.29 Å². The Kier molecular flexibility index (Phi) is 3.09. The molecule has 1 heterocycles. The first-order chi connectivity index (χ1) is 5.57. The van der Waals surface area contributed by atoms with Gasteiger partial charge in [0.2, 0.25) is 0 Å². The van der Waals surface area contributed by atoms with E-state index in [0.29, 0.717) is 0 Å². The van der Waals surface area contributed by atoms with Gasteiger partial charge in [-0.1, -0.05) is 20.8 Å². The van der Waals surface area contributed by atoms with E-state index < -0.39 is 12.4 Å². The zero-order valence-corrected chi connectivity index (χ0v) is 7.90. The quantitative estimate of drug-likeness (QED) is 0.616. The van der Waals surface area contributed by atoms with Crippen LogP contribution in [0.2, 0.25) is 0 Å². The summed E-state index contributed by atoms with van der Waals surface area (Å²) in [6, 6.07) is 0. The standard InChI is InChI=1S/C9H18O3/c1-4-7-5(2)8(10)6(3)9(11)12-7/h5-11H,4H2,1-3H3/t5-,6-,7-,8-,9-/m1/s1. The second-order valence-electron chi connectivity index (χ2n) is 3.68. The van der Waals surface area contributed by atoms with Crippen molar-refractivity contribution in [3.63, 3.8) is 0 Å². The summed E-state index contributed by atoms with van der Waals surface area (Å²) in [4.78, 5) is 0. The molecule has 0 amide bonds. The Morgan fingerprint density at radius 2 is 1.75 bits per heavy atom. The molecule has 3 heteroatoms. The highest BCUT2D eigenvalue weighted by Gasteiger charge is 2.38. The van der Waals surface area contributed by atoms with E-state index in [1.165, 1.54) is 0 Å². The third kappa shape index (κ3) is 1.63. The van der Waals surface area contributed by atoms with Crippen LogP contribution in [0, 0.1) is 11.8 Å². The molecular formula is C9H18O3. The van der Waals surface area contributed by atoms with E-state index in [9.17, 15) is 10.2 Å². The molecule has 72 valence electrons. The lowest BCUT2D eigenvalue weighted by Gasteiger charge is -2.40. The minimum atomic E-state index is -0.804. The summed E-state index contributed by atoms with van der Waals surface area (Å²) < 4.78 is 5.33. The SMILES string of the molecule is CC[C@H]1O[C@@H](O)[C@H](C)[C@H](O)[C@@H]1C. The molecule has 0 aromatic rings. The van der Waals surface area contributed by atoms with Crippen LogP contribution in [-0.4, -0.2) is 28.7 Å². The maximum absolute atomic E-state index is 9.68. The van der Waals surface area contributed by atoms with Crippen LogP contribution in [-0.2, 0) is 4.74 Å². The van der Waals surface area contributed by atoms with E-state index >= 15 is 0 Å². The first-order valence-electron chi connectivity index (χ1n) is 4.59. The van der Waals surface area contributed by atoms with Crippen LogP contribution < -0.4 is 0 Å². The lowest BCUT2D eigenvalue weighted by molar-refractivity contribution is -0.241. The van der Waals surface area contributed by atoms with Gasteiger partial charge >= 0.3 is 0 Å². The normalized spacial score (nSPS) is 49.2. The molecule has 0 radical (unpaired) electrons. The van der Waals surface area contributed by atoms with Crippen molar-refractivity contribution in [1.82, 2.24) is 0 Å². The summed E-state index contributed by atoms with van der Waals surface area (Å²) in [6.45, 7) is 5.76. The molecule has 0 aromatic carbocycles. The Morgan fingerprint density at radius 3 is 2.25 bits per heavy atom. The van der Waals surface area contributed by atoms with Gasteiger partial charge in [-0.05, 0) is 6.42 Å². The van der Waals surface area contributed by atoms with Crippen LogP contribution in [0.1, 0.15) is 27.2 Å². The highest BCUT2D eigenvalue weighted by Crippen LogP contribution is 2.30. The second kappa shape index (κ2) is 3.73. The number of rotatable bonds is 1. The van der Waals surface area contributed by atoms with Crippen LogP contribution in [0.3, 0.4) is 0 Å². The molecule has 1 rings (SSSR count). The number of aliphatic hydroxyl groups is 2. The van der Waals surface area contributed by atoms with Gasteiger partial charge in [-0.25, -0.2) is 0 Å². The van der Waals surface area contributed by atoms with Crippen molar-refractivity contribution in [2.75, 3.05) is 0 Å². The molecule has 1 saturated heterocycles. The number of hydrogen-bond acceptors (Lipinski definition) is 3. The minimum Gasteiger partial charge on any atom is -0.392 e. The number of hydrogen-bond donors (Lipinski definition) is 2. The molecule has 0 aromatic heterocycles. The van der Waals surface area contributed by atoms with E-state index in [-0.39, 0.29) is 17.9 Å². The summed E-state index contributed by atoms with van der Waals surface area (Å²) in [5.74, 6) is -0.0591. The third-order valence-electron chi connectivity index (χ3n) is 2.83. The average molecular weight is 174 g/mol. The highest BCUT2D eigenvalue weighted by atomic mass is 16.6. The molecule has 3 nitrogen and oxygen atoms in total. The molecule has 1 aliphatic heterocycles. The Labute approximate surface area is 73.4 Å². The molecule has 1 fully saturated rings. The van der Waals surface area contributed by atoms with Gasteiger partial charge in [0.05, 0.1) is 12.2 Å². The predicted octanol–water partition coefficient (Wildman–Crippen LogP) is 0.747. The summed E-state index contributed by atoms with van der Waals surface area (Å²) in [6.07, 6.45) is -0.423. The van der Waals surface area contributed by atoms with Crippen LogP contribution >= 0.6 is 0 Å². The lowest BCUT2D eigenvalue weighted by Crippen LogP contribution is -2.48. The maximum Gasteiger partial charge on any atom is 0.159 e. The second-order valence-corrected chi connectivity index (χ2v) is 3.68. The fourth-order valence-corrected chi connectivity index (χ4v) is 1.76. The molecule has 0 spiro atoms. The molecule has 0 bridgehead atoms. The van der Waals surface area contributed by atoms with E-state index in [4.69, 9.17) is 4.74 Å². The van der Waals surface area contributed by atoms with Crippen LogP contribution in [0.5, 0.6) is 0 Å². The monoisotopic (exact) mass is 174 g/mol. The topological polar surface area (TPSA) is 49.7 Å². The van der Waals surface area contributed by atoms with Gasteiger partial charge < -0.3 is 14.9 Å². The highest BCUT2D eigenvalue weighted by molar-refractivity contribution is 4.83. The molecule has 5 atom stereocenters. The Balaban J connectivity index is 2.63. The van der Waals surface area contributed by atoms with E-state index in [2.05, 4.69) is 0 Å². The summed E-state index contributed by atoms with van der Waals surface area (Å²) in [7, 11) is 0. The summed E-state index contributed by atoms with van der Waals surface area (Å²) >= 11 is 0. The van der Waals surface area contributed by atoms with Gasteiger partial charge in [0.1, 0.15) is 0 Å². The largest absolute Gasteiger partial charge is 0.392 e. The van der Waals surface area contributed by atoms with Crippen LogP contribution in [0.15, 0.2) is 0 Å². The van der Waals surface area contributed by atoms with Crippen molar-refractivity contribution < 1.29 is 14.9 Å². The van der Waals surface area contributed by atoms with Crippen molar-refractivity contribution in [3.05, 3.63) is 0 Å². The average Bonchev–Trinajstić information content (AvgIpc) is 2.08. The first-order valence-corrected chi connectivity index (χ1v) is 4.59. The van der Waals surface area contributed by atoms with Crippen molar-refractivity contribution in [3.8, 4) is 0 Å². The van der Waals surface area contributed by atoms with Crippen LogP contribution in [0.25, 0.3) is 0 Å². The molecule has 0 aliphatic carbocycles.